The molecular formula is C3H10LiO4P. The van der Waals surface area contributed by atoms with Crippen molar-refractivity contribution in [3.05, 3.63) is 0 Å². The van der Waals surface area contributed by atoms with Crippen molar-refractivity contribution in [3.8, 4) is 0 Å². The molecule has 0 bridgehead atoms. The first-order valence-corrected chi connectivity index (χ1v) is 3.98. The van der Waals surface area contributed by atoms with Gasteiger partial charge in [0.25, 0.3) is 0 Å². The summed E-state index contributed by atoms with van der Waals surface area (Å²) in [5, 5.41) is 0. The third-order valence-corrected chi connectivity index (χ3v) is 0.983. The molecule has 2 N–H and O–H groups in total. The van der Waals surface area contributed by atoms with Gasteiger partial charge in [-0.15, -0.1) is 0 Å². The van der Waals surface area contributed by atoms with Crippen molar-refractivity contribution in [2.75, 3.05) is 13.0 Å². The molecule has 0 aromatic heterocycles. The predicted molar refractivity (Wildman–Crippen MR) is 29.6 cm³/mol. The van der Waals surface area contributed by atoms with Gasteiger partial charge in [0.1, 0.15) is 6.35 Å². The fraction of sp³-hybridized carbons (Fsp3) is 1.00. The SMILES string of the molecule is CCOCP(=O)(O)O.[H-].[Li+]. The summed E-state index contributed by atoms with van der Waals surface area (Å²) < 4.78 is 14.4. The maximum atomic E-state index is 9.96. The van der Waals surface area contributed by atoms with Gasteiger partial charge in [0.15, 0.2) is 0 Å². The van der Waals surface area contributed by atoms with E-state index in [1.807, 2.05) is 0 Å². The van der Waals surface area contributed by atoms with E-state index >= 15 is 0 Å². The Kier molecular flexibility index (Phi) is 7.56. The third kappa shape index (κ3) is 12.0. The quantitative estimate of drug-likeness (QED) is 0.337. The van der Waals surface area contributed by atoms with Crippen LogP contribution in [0.2, 0.25) is 0 Å². The molecular weight excluding hydrogens is 138 g/mol. The van der Waals surface area contributed by atoms with Gasteiger partial charge in [-0.1, -0.05) is 0 Å². The molecule has 0 atom stereocenters. The van der Waals surface area contributed by atoms with Gasteiger partial charge in [-0.2, -0.15) is 0 Å². The normalized spacial score (nSPS) is 10.6. The zero-order chi connectivity index (χ0) is 6.62. The first kappa shape index (κ1) is 12.4. The molecule has 0 amide bonds. The van der Waals surface area contributed by atoms with Crippen molar-refractivity contribution >= 4 is 7.60 Å². The summed E-state index contributed by atoms with van der Waals surface area (Å²) in [6.45, 7) is 2.01. The molecule has 0 saturated heterocycles. The van der Waals surface area contributed by atoms with Gasteiger partial charge in [-0.05, 0) is 6.92 Å². The Balaban J connectivity index is -0.000000245. The van der Waals surface area contributed by atoms with E-state index < -0.39 is 13.9 Å². The third-order valence-electron chi connectivity index (χ3n) is 0.464. The Morgan fingerprint density at radius 1 is 1.67 bits per heavy atom. The van der Waals surface area contributed by atoms with Crippen LogP contribution in [0.4, 0.5) is 0 Å². The largest absolute Gasteiger partial charge is 1.00 e. The van der Waals surface area contributed by atoms with Crippen LogP contribution in [-0.2, 0) is 9.30 Å². The zero-order valence-electron chi connectivity index (χ0n) is 6.57. The predicted octanol–water partition coefficient (Wildman–Crippen LogP) is -2.73. The Morgan fingerprint density at radius 2 is 2.11 bits per heavy atom. The number of hydrogen-bond donors (Lipinski definition) is 2. The molecule has 0 unspecified atom stereocenters. The molecule has 0 fully saturated rings. The van der Waals surface area contributed by atoms with Gasteiger partial charge in [0.05, 0.1) is 0 Å². The number of hydrogen-bond acceptors (Lipinski definition) is 2. The van der Waals surface area contributed by atoms with Crippen molar-refractivity contribution in [2.24, 2.45) is 0 Å². The molecule has 0 aliphatic carbocycles. The van der Waals surface area contributed by atoms with Crippen LogP contribution in [0, 0.1) is 0 Å². The molecule has 0 heterocycles. The van der Waals surface area contributed by atoms with Crippen molar-refractivity contribution in [1.29, 1.82) is 0 Å². The van der Waals surface area contributed by atoms with Gasteiger partial charge < -0.3 is 16.0 Å². The molecule has 9 heavy (non-hydrogen) atoms. The Bertz CT molecular complexity index is 105. The molecule has 52 valence electrons. The molecule has 4 nitrogen and oxygen atoms in total. The summed E-state index contributed by atoms with van der Waals surface area (Å²) in [5.41, 5.74) is 0. The van der Waals surface area contributed by atoms with E-state index in [0.717, 1.165) is 0 Å². The second-order valence-corrected chi connectivity index (χ2v) is 2.87. The van der Waals surface area contributed by atoms with E-state index in [-0.39, 0.29) is 20.3 Å². The Morgan fingerprint density at radius 3 is 2.22 bits per heavy atom. The minimum absolute atomic E-state index is 0. The maximum Gasteiger partial charge on any atom is 1.00 e. The van der Waals surface area contributed by atoms with Crippen LogP contribution in [0.5, 0.6) is 0 Å². The molecule has 0 aliphatic heterocycles. The van der Waals surface area contributed by atoms with E-state index in [1.165, 1.54) is 0 Å². The van der Waals surface area contributed by atoms with Crippen LogP contribution in [-0.4, -0.2) is 22.7 Å². The van der Waals surface area contributed by atoms with Crippen LogP contribution in [0.3, 0.4) is 0 Å². The Labute approximate surface area is 67.4 Å². The second kappa shape index (κ2) is 5.49. The fourth-order valence-corrected chi connectivity index (χ4v) is 0.631. The van der Waals surface area contributed by atoms with Crippen molar-refractivity contribution < 1.29 is 39.4 Å². The fourth-order valence-electron chi connectivity index (χ4n) is 0.210. The van der Waals surface area contributed by atoms with Crippen molar-refractivity contribution in [3.63, 3.8) is 0 Å². The van der Waals surface area contributed by atoms with Crippen molar-refractivity contribution in [2.45, 2.75) is 6.92 Å². The summed E-state index contributed by atoms with van der Waals surface area (Å²) in [7, 11) is -3.90. The van der Waals surface area contributed by atoms with Crippen molar-refractivity contribution in [1.82, 2.24) is 0 Å². The molecule has 0 radical (unpaired) electrons. The van der Waals surface area contributed by atoms with E-state index in [0.29, 0.717) is 6.61 Å². The summed E-state index contributed by atoms with van der Waals surface area (Å²) in [6.07, 6.45) is -0.469. The van der Waals surface area contributed by atoms with Gasteiger partial charge in [-0.3, -0.25) is 4.57 Å². The first-order chi connectivity index (χ1) is 3.56. The molecule has 0 spiro atoms. The van der Waals surface area contributed by atoms with Crippen LogP contribution in [0.1, 0.15) is 8.35 Å². The molecule has 0 aromatic rings. The van der Waals surface area contributed by atoms with Gasteiger partial charge in [0.2, 0.25) is 0 Å². The number of rotatable bonds is 3. The average Bonchev–Trinajstić information content (AvgIpc) is 1.59. The van der Waals surface area contributed by atoms with E-state index in [2.05, 4.69) is 4.74 Å². The Hall–Kier alpha value is 0.707. The van der Waals surface area contributed by atoms with Gasteiger partial charge in [-0.25, -0.2) is 0 Å². The number of ether oxygens (including phenoxy) is 1. The standard InChI is InChI=1S/C3H9O4P.Li.H/c1-2-7-3-8(4,5)6;;/h2-3H2,1H3,(H2,4,5,6);;/q;+1;-1. The molecule has 0 aromatic carbocycles. The average molecular weight is 148 g/mol. The van der Waals surface area contributed by atoms with E-state index in [4.69, 9.17) is 9.79 Å². The first-order valence-electron chi connectivity index (χ1n) is 2.18. The van der Waals surface area contributed by atoms with E-state index in [1.54, 1.807) is 6.92 Å². The molecule has 0 saturated carbocycles. The zero-order valence-corrected chi connectivity index (χ0v) is 6.47. The summed E-state index contributed by atoms with van der Waals surface area (Å²) in [5.74, 6) is 0. The minimum atomic E-state index is -3.90. The van der Waals surface area contributed by atoms with Crippen LogP contribution in [0.15, 0.2) is 0 Å². The van der Waals surface area contributed by atoms with Gasteiger partial charge >= 0.3 is 26.5 Å². The molecule has 6 heteroatoms. The molecule has 0 rings (SSSR count). The van der Waals surface area contributed by atoms with Gasteiger partial charge in [0, 0.05) is 6.61 Å². The minimum Gasteiger partial charge on any atom is -1.00 e. The van der Waals surface area contributed by atoms with Crippen LogP contribution in [0.25, 0.3) is 0 Å². The summed E-state index contributed by atoms with van der Waals surface area (Å²) in [4.78, 5) is 16.3. The van der Waals surface area contributed by atoms with E-state index in [9.17, 15) is 4.57 Å². The maximum absolute atomic E-state index is 9.96. The van der Waals surface area contributed by atoms with Crippen LogP contribution < -0.4 is 18.9 Å². The second-order valence-electron chi connectivity index (χ2n) is 1.29. The van der Waals surface area contributed by atoms with Crippen LogP contribution >= 0.6 is 7.60 Å². The summed E-state index contributed by atoms with van der Waals surface area (Å²) >= 11 is 0. The molecule has 0 aliphatic rings. The smallest absolute Gasteiger partial charge is 1.00 e. The monoisotopic (exact) mass is 148 g/mol. The topological polar surface area (TPSA) is 66.8 Å². The summed E-state index contributed by atoms with van der Waals surface area (Å²) in [6, 6.07) is 0.